The summed E-state index contributed by atoms with van der Waals surface area (Å²) >= 11 is 0. The van der Waals surface area contributed by atoms with Gasteiger partial charge in [0.2, 0.25) is 5.91 Å². The summed E-state index contributed by atoms with van der Waals surface area (Å²) in [6.45, 7) is 7.54. The second-order valence-corrected chi connectivity index (χ2v) is 7.65. The molecule has 3 rings (SSSR count). The number of ether oxygens (including phenoxy) is 1. The highest BCUT2D eigenvalue weighted by Gasteiger charge is 2.28. The van der Waals surface area contributed by atoms with E-state index in [0.717, 1.165) is 17.4 Å². The molecule has 3 aromatic rings. The molecule has 0 aliphatic rings. The first kappa shape index (κ1) is 22.3. The number of para-hydroxylation sites is 1. The number of esters is 1. The summed E-state index contributed by atoms with van der Waals surface area (Å²) in [5, 5.41) is 0.979. The van der Waals surface area contributed by atoms with Crippen LogP contribution in [0, 0.1) is 6.92 Å². The number of H-pyrrole nitrogens is 1. The predicted octanol–water partition coefficient (Wildman–Crippen LogP) is 4.60. The number of methoxy groups -OCH3 is 1. The number of nitrogens with one attached hydrogen (secondary N) is 1. The Morgan fingerprint density at radius 2 is 1.94 bits per heavy atom. The molecule has 1 N–H and O–H groups in total. The van der Waals surface area contributed by atoms with Crippen LogP contribution in [0.2, 0.25) is 0 Å². The second kappa shape index (κ2) is 9.20. The smallest absolute Gasteiger partial charge is 0.339 e. The number of hydrogen-bond donors (Lipinski definition) is 1. The van der Waals surface area contributed by atoms with Crippen LogP contribution < -0.4 is 0 Å². The Balaban J connectivity index is 1.92. The van der Waals surface area contributed by atoms with Crippen LogP contribution in [0.25, 0.3) is 11.0 Å². The molecular weight excluding hydrogens is 396 g/mol. The second-order valence-electron chi connectivity index (χ2n) is 7.65. The minimum atomic E-state index is -0.573. The summed E-state index contributed by atoms with van der Waals surface area (Å²) in [6, 6.07) is 9.37. The van der Waals surface area contributed by atoms with E-state index in [-0.39, 0.29) is 29.7 Å². The fraction of sp³-hybridized carbons (Fsp3) is 0.375. The van der Waals surface area contributed by atoms with Gasteiger partial charge in [-0.15, -0.1) is 0 Å². The lowest BCUT2D eigenvalue weighted by Crippen LogP contribution is -2.35. The van der Waals surface area contributed by atoms with Crippen LogP contribution in [0.4, 0.5) is 0 Å². The predicted molar refractivity (Wildman–Crippen MR) is 117 cm³/mol. The molecule has 0 saturated heterocycles. The van der Waals surface area contributed by atoms with Crippen molar-refractivity contribution in [2.45, 2.75) is 46.6 Å². The maximum Gasteiger partial charge on any atom is 0.339 e. The fourth-order valence-corrected chi connectivity index (χ4v) is 3.91. The summed E-state index contributed by atoms with van der Waals surface area (Å²) < 4.78 is 10.9. The highest BCUT2D eigenvalue weighted by atomic mass is 16.5. The molecule has 0 aliphatic heterocycles. The van der Waals surface area contributed by atoms with Crippen LogP contribution in [0.5, 0.6) is 0 Å². The van der Waals surface area contributed by atoms with E-state index < -0.39 is 5.97 Å². The van der Waals surface area contributed by atoms with Crippen molar-refractivity contribution in [3.05, 3.63) is 58.6 Å². The van der Waals surface area contributed by atoms with Crippen molar-refractivity contribution in [3.63, 3.8) is 0 Å². The van der Waals surface area contributed by atoms with Crippen molar-refractivity contribution in [2.24, 2.45) is 0 Å². The maximum absolute atomic E-state index is 13.3. The Hall–Kier alpha value is -3.35. The normalized spacial score (nSPS) is 12.0. The standard InChI is InChI=1S/C24H28N2O5/c1-6-11-26(15(3)20-12-17-9-7-8-10-19(17)31-20)21(28)13-18-22(24(29)30-5)14(2)23(25-18)16(4)27/h7-10,12,15,25H,6,11,13H2,1-5H3. The number of carbonyl (C=O) groups is 3. The van der Waals surface area contributed by atoms with Crippen LogP contribution in [-0.4, -0.2) is 41.2 Å². The van der Waals surface area contributed by atoms with Gasteiger partial charge in [0.25, 0.3) is 0 Å². The molecule has 1 amide bonds. The van der Waals surface area contributed by atoms with Gasteiger partial charge in [0.15, 0.2) is 5.78 Å². The molecule has 1 aromatic carbocycles. The Labute approximate surface area is 181 Å². The summed E-state index contributed by atoms with van der Waals surface area (Å²) in [7, 11) is 1.28. The number of furan rings is 1. The van der Waals surface area contributed by atoms with E-state index in [1.807, 2.05) is 44.2 Å². The molecule has 0 saturated carbocycles. The minimum absolute atomic E-state index is 0.0525. The van der Waals surface area contributed by atoms with Gasteiger partial charge in [-0.25, -0.2) is 4.79 Å². The van der Waals surface area contributed by atoms with E-state index >= 15 is 0 Å². The van der Waals surface area contributed by atoms with Crippen molar-refractivity contribution in [1.29, 1.82) is 0 Å². The van der Waals surface area contributed by atoms with Crippen molar-refractivity contribution in [2.75, 3.05) is 13.7 Å². The number of nitrogens with zero attached hydrogens (tertiary/aromatic N) is 1. The van der Waals surface area contributed by atoms with Crippen molar-refractivity contribution in [3.8, 4) is 0 Å². The SMILES string of the molecule is CCCN(C(=O)Cc1[nH]c(C(C)=O)c(C)c1C(=O)OC)C(C)c1cc2ccccc2o1. The van der Waals surface area contributed by atoms with Gasteiger partial charge in [-0.2, -0.15) is 0 Å². The number of ketones is 1. The Kier molecular flexibility index (Phi) is 6.63. The molecule has 0 aliphatic carbocycles. The molecule has 0 spiro atoms. The Bertz CT molecular complexity index is 1090. The lowest BCUT2D eigenvalue weighted by molar-refractivity contribution is -0.133. The van der Waals surface area contributed by atoms with Gasteiger partial charge >= 0.3 is 5.97 Å². The van der Waals surface area contributed by atoms with Crippen LogP contribution in [-0.2, 0) is 16.0 Å². The zero-order chi connectivity index (χ0) is 22.7. The molecule has 0 bridgehead atoms. The molecule has 164 valence electrons. The first-order chi connectivity index (χ1) is 14.8. The van der Waals surface area contributed by atoms with Crippen LogP contribution in [0.3, 0.4) is 0 Å². The molecule has 1 atom stereocenters. The summed E-state index contributed by atoms with van der Waals surface area (Å²) in [6.07, 6.45) is 0.714. The van der Waals surface area contributed by atoms with E-state index in [0.29, 0.717) is 29.3 Å². The number of Topliss-reactive ketones (excluding diaryl/α,β-unsaturated/α-hetero) is 1. The Morgan fingerprint density at radius 3 is 2.55 bits per heavy atom. The minimum Gasteiger partial charge on any atom is -0.465 e. The van der Waals surface area contributed by atoms with Crippen molar-refractivity contribution < 1.29 is 23.5 Å². The summed E-state index contributed by atoms with van der Waals surface area (Å²) in [5.41, 5.74) is 2.21. The Morgan fingerprint density at radius 1 is 1.23 bits per heavy atom. The van der Waals surface area contributed by atoms with Crippen LogP contribution in [0.1, 0.15) is 71.1 Å². The average Bonchev–Trinajstić information content (AvgIpc) is 3.32. The number of hydrogen-bond acceptors (Lipinski definition) is 5. The highest BCUT2D eigenvalue weighted by molar-refractivity contribution is 6.01. The zero-order valence-corrected chi connectivity index (χ0v) is 18.6. The molecule has 1 unspecified atom stereocenters. The van der Waals surface area contributed by atoms with Crippen LogP contribution >= 0.6 is 0 Å². The molecule has 31 heavy (non-hydrogen) atoms. The molecule has 7 heteroatoms. The third kappa shape index (κ3) is 4.40. The van der Waals surface area contributed by atoms with E-state index in [4.69, 9.17) is 9.15 Å². The topological polar surface area (TPSA) is 92.6 Å². The number of benzene rings is 1. The molecule has 2 aromatic heterocycles. The first-order valence-corrected chi connectivity index (χ1v) is 10.4. The van der Waals surface area contributed by atoms with E-state index in [1.54, 1.807) is 11.8 Å². The summed E-state index contributed by atoms with van der Waals surface area (Å²) in [4.78, 5) is 42.3. The third-order valence-electron chi connectivity index (χ3n) is 5.51. The van der Waals surface area contributed by atoms with Gasteiger partial charge in [-0.05, 0) is 38.0 Å². The van der Waals surface area contributed by atoms with Crippen molar-refractivity contribution >= 4 is 28.6 Å². The summed E-state index contributed by atoms with van der Waals surface area (Å²) in [5.74, 6) is -0.251. The van der Waals surface area contributed by atoms with Gasteiger partial charge in [-0.1, -0.05) is 25.1 Å². The van der Waals surface area contributed by atoms with E-state index in [2.05, 4.69) is 4.98 Å². The zero-order valence-electron chi connectivity index (χ0n) is 18.6. The maximum atomic E-state index is 13.3. The third-order valence-corrected chi connectivity index (χ3v) is 5.51. The number of amides is 1. The van der Waals surface area contributed by atoms with Gasteiger partial charge in [0.05, 0.1) is 30.8 Å². The molecule has 2 heterocycles. The van der Waals surface area contributed by atoms with Crippen LogP contribution in [0.15, 0.2) is 34.7 Å². The lowest BCUT2D eigenvalue weighted by Gasteiger charge is -2.27. The lowest BCUT2D eigenvalue weighted by atomic mass is 10.1. The largest absolute Gasteiger partial charge is 0.465 e. The monoisotopic (exact) mass is 424 g/mol. The quantitative estimate of drug-likeness (QED) is 0.421. The highest BCUT2D eigenvalue weighted by Crippen LogP contribution is 2.29. The number of fused-ring (bicyclic) bond motifs is 1. The van der Waals surface area contributed by atoms with E-state index in [9.17, 15) is 14.4 Å². The molecule has 7 nitrogen and oxygen atoms in total. The number of aromatic nitrogens is 1. The van der Waals surface area contributed by atoms with Gasteiger partial charge < -0.3 is 19.0 Å². The number of aromatic amines is 1. The molecule has 0 radical (unpaired) electrons. The fourth-order valence-electron chi connectivity index (χ4n) is 3.91. The number of rotatable bonds is 8. The van der Waals surface area contributed by atoms with Crippen molar-refractivity contribution in [1.82, 2.24) is 9.88 Å². The number of carbonyl (C=O) groups excluding carboxylic acids is 3. The first-order valence-electron chi connectivity index (χ1n) is 10.4. The molecule has 0 fully saturated rings. The van der Waals surface area contributed by atoms with E-state index in [1.165, 1.54) is 14.0 Å². The van der Waals surface area contributed by atoms with Gasteiger partial charge in [0, 0.05) is 24.5 Å². The molecular formula is C24H28N2O5. The van der Waals surface area contributed by atoms with Gasteiger partial charge in [-0.3, -0.25) is 9.59 Å². The average molecular weight is 424 g/mol. The van der Waals surface area contributed by atoms with Gasteiger partial charge in [0.1, 0.15) is 11.3 Å².